The highest BCUT2D eigenvalue weighted by Gasteiger charge is 2.45. The van der Waals surface area contributed by atoms with Crippen molar-refractivity contribution in [2.24, 2.45) is 5.92 Å². The predicted molar refractivity (Wildman–Crippen MR) is 103 cm³/mol. The maximum absolute atomic E-state index is 2.43. The molecule has 0 radical (unpaired) electrons. The van der Waals surface area contributed by atoms with E-state index in [1.807, 2.05) is 0 Å². The Balaban J connectivity index is 1.47. The van der Waals surface area contributed by atoms with Crippen molar-refractivity contribution in [1.29, 1.82) is 0 Å². The van der Waals surface area contributed by atoms with E-state index in [2.05, 4.69) is 95.8 Å². The zero-order valence-corrected chi connectivity index (χ0v) is 14.5. The number of benzene rings is 2. The first kappa shape index (κ1) is 14.7. The number of allylic oxidation sites excluding steroid dienone is 4. The van der Waals surface area contributed by atoms with Gasteiger partial charge < -0.3 is 0 Å². The molecule has 124 valence electrons. The molecule has 2 heterocycles. The number of fused-ring (bicyclic) bond motifs is 1. The number of hydrazine groups is 1. The Morgan fingerprint density at radius 1 is 0.960 bits per heavy atom. The third-order valence-corrected chi connectivity index (χ3v) is 5.37. The van der Waals surface area contributed by atoms with Crippen molar-refractivity contribution in [1.82, 2.24) is 10.0 Å². The van der Waals surface area contributed by atoms with Gasteiger partial charge in [0.1, 0.15) is 6.67 Å². The van der Waals surface area contributed by atoms with E-state index in [9.17, 15) is 0 Å². The minimum absolute atomic E-state index is 0.354. The molecular formula is C23H22N2. The van der Waals surface area contributed by atoms with Crippen LogP contribution in [0.15, 0.2) is 78.9 Å². The first-order valence-corrected chi connectivity index (χ1v) is 9.08. The van der Waals surface area contributed by atoms with Crippen LogP contribution in [0.25, 0.3) is 11.3 Å². The average molecular weight is 326 g/mol. The van der Waals surface area contributed by atoms with Crippen LogP contribution < -0.4 is 0 Å². The lowest BCUT2D eigenvalue weighted by Gasteiger charge is -2.17. The van der Waals surface area contributed by atoms with Crippen molar-refractivity contribution in [3.05, 3.63) is 95.6 Å². The van der Waals surface area contributed by atoms with Gasteiger partial charge in [0.2, 0.25) is 0 Å². The Morgan fingerprint density at radius 3 is 2.64 bits per heavy atom. The maximum atomic E-state index is 2.43. The SMILES string of the molecule is CC1C=CC=C(c2cccc(C3C=C(c4ccccc4)N4CN34)c2)C1. The average Bonchev–Trinajstić information content (AvgIpc) is 3.36. The van der Waals surface area contributed by atoms with Crippen LogP contribution in [-0.4, -0.2) is 16.7 Å². The highest BCUT2D eigenvalue weighted by molar-refractivity contribution is 5.71. The lowest BCUT2D eigenvalue weighted by atomic mass is 9.89. The third kappa shape index (κ3) is 2.63. The summed E-state index contributed by atoms with van der Waals surface area (Å²) in [5, 5.41) is 4.80. The summed E-state index contributed by atoms with van der Waals surface area (Å²) in [6.45, 7) is 3.31. The van der Waals surface area contributed by atoms with Gasteiger partial charge in [-0.05, 0) is 46.7 Å². The third-order valence-electron chi connectivity index (χ3n) is 5.37. The molecule has 1 saturated heterocycles. The van der Waals surface area contributed by atoms with Crippen LogP contribution in [0.5, 0.6) is 0 Å². The molecule has 3 atom stereocenters. The molecule has 0 bridgehead atoms. The van der Waals surface area contributed by atoms with Crippen LogP contribution in [0.4, 0.5) is 0 Å². The van der Waals surface area contributed by atoms with Crippen LogP contribution in [0.1, 0.15) is 36.1 Å². The fourth-order valence-electron chi connectivity index (χ4n) is 3.99. The van der Waals surface area contributed by atoms with E-state index in [1.165, 1.54) is 28.0 Å². The second-order valence-corrected chi connectivity index (χ2v) is 7.23. The Labute approximate surface area is 149 Å². The molecule has 0 N–H and O–H groups in total. The van der Waals surface area contributed by atoms with E-state index >= 15 is 0 Å². The zero-order valence-electron chi connectivity index (χ0n) is 14.5. The molecule has 3 aliphatic rings. The van der Waals surface area contributed by atoms with Gasteiger partial charge in [0, 0.05) is 0 Å². The molecule has 2 aromatic carbocycles. The molecule has 0 amide bonds. The molecule has 0 spiro atoms. The molecule has 2 nitrogen and oxygen atoms in total. The molecule has 2 heteroatoms. The second kappa shape index (κ2) is 5.75. The number of rotatable bonds is 3. The summed E-state index contributed by atoms with van der Waals surface area (Å²) >= 11 is 0. The van der Waals surface area contributed by atoms with Crippen LogP contribution in [-0.2, 0) is 0 Å². The first-order valence-electron chi connectivity index (χ1n) is 9.08. The summed E-state index contributed by atoms with van der Waals surface area (Å²) in [6.07, 6.45) is 10.3. The van der Waals surface area contributed by atoms with E-state index in [4.69, 9.17) is 0 Å². The van der Waals surface area contributed by atoms with Gasteiger partial charge in [-0.15, -0.1) is 0 Å². The lowest BCUT2D eigenvalue weighted by Crippen LogP contribution is -2.06. The van der Waals surface area contributed by atoms with Crippen molar-refractivity contribution in [2.75, 3.05) is 6.67 Å². The highest BCUT2D eigenvalue weighted by Crippen LogP contribution is 2.46. The van der Waals surface area contributed by atoms with E-state index in [0.717, 1.165) is 13.1 Å². The van der Waals surface area contributed by atoms with E-state index in [-0.39, 0.29) is 0 Å². The maximum Gasteiger partial charge on any atom is 0.106 e. The topological polar surface area (TPSA) is 6.02 Å². The van der Waals surface area contributed by atoms with Gasteiger partial charge >= 0.3 is 0 Å². The minimum atomic E-state index is 0.354. The molecule has 3 unspecified atom stereocenters. The van der Waals surface area contributed by atoms with Gasteiger partial charge in [-0.25, -0.2) is 0 Å². The smallest absolute Gasteiger partial charge is 0.106 e. The quantitative estimate of drug-likeness (QED) is 0.710. The van der Waals surface area contributed by atoms with Crippen molar-refractivity contribution < 1.29 is 0 Å². The molecule has 1 aliphatic carbocycles. The Bertz CT molecular complexity index is 891. The van der Waals surface area contributed by atoms with Gasteiger partial charge in [-0.2, -0.15) is 5.01 Å². The summed E-state index contributed by atoms with van der Waals surface area (Å²) in [5.41, 5.74) is 6.84. The summed E-state index contributed by atoms with van der Waals surface area (Å²) in [4.78, 5) is 0. The summed E-state index contributed by atoms with van der Waals surface area (Å²) in [5.74, 6) is 0.627. The fourth-order valence-corrected chi connectivity index (χ4v) is 3.99. The van der Waals surface area contributed by atoms with Gasteiger partial charge in [0.15, 0.2) is 0 Å². The van der Waals surface area contributed by atoms with Gasteiger partial charge in [0.05, 0.1) is 11.7 Å². The predicted octanol–water partition coefficient (Wildman–Crippen LogP) is 5.25. The number of hydrogen-bond donors (Lipinski definition) is 0. The normalized spacial score (nSPS) is 26.9. The van der Waals surface area contributed by atoms with Crippen LogP contribution in [0, 0.1) is 5.92 Å². The Hall–Kier alpha value is -2.58. The summed E-state index contributed by atoms with van der Waals surface area (Å²) < 4.78 is 0. The Morgan fingerprint density at radius 2 is 1.80 bits per heavy atom. The standard InChI is InChI=1S/C23H22N2/c1-17-7-5-10-19(13-17)20-11-6-12-21(14-20)23-15-22(24-16-25(23)24)18-8-3-2-4-9-18/h2-12,14-15,17,23H,13,16H2,1H3. The van der Waals surface area contributed by atoms with E-state index in [1.54, 1.807) is 0 Å². The van der Waals surface area contributed by atoms with E-state index in [0.29, 0.717) is 12.0 Å². The highest BCUT2D eigenvalue weighted by atomic mass is 15.8. The molecule has 25 heavy (non-hydrogen) atoms. The Kier molecular flexibility index (Phi) is 3.39. The molecule has 0 aromatic heterocycles. The minimum Gasteiger partial charge on any atom is -0.287 e. The van der Waals surface area contributed by atoms with Gasteiger partial charge in [0.25, 0.3) is 0 Å². The van der Waals surface area contributed by atoms with Crippen molar-refractivity contribution >= 4 is 11.3 Å². The number of nitrogens with zero attached hydrogens (tertiary/aromatic N) is 2. The molecule has 2 aromatic rings. The van der Waals surface area contributed by atoms with Crippen molar-refractivity contribution in [3.63, 3.8) is 0 Å². The fraction of sp³-hybridized carbons (Fsp3) is 0.217. The summed E-state index contributed by atoms with van der Waals surface area (Å²) in [7, 11) is 0. The monoisotopic (exact) mass is 326 g/mol. The van der Waals surface area contributed by atoms with Gasteiger partial charge in [-0.3, -0.25) is 5.01 Å². The second-order valence-electron chi connectivity index (χ2n) is 7.23. The van der Waals surface area contributed by atoms with Crippen molar-refractivity contribution in [3.8, 4) is 0 Å². The molecule has 5 rings (SSSR count). The van der Waals surface area contributed by atoms with Crippen molar-refractivity contribution in [2.45, 2.75) is 19.4 Å². The molecular weight excluding hydrogens is 304 g/mol. The number of hydrogen-bond acceptors (Lipinski definition) is 2. The lowest BCUT2D eigenvalue weighted by molar-refractivity contribution is 0.371. The molecule has 0 saturated carbocycles. The largest absolute Gasteiger partial charge is 0.287 e. The molecule has 2 aliphatic heterocycles. The molecule has 1 fully saturated rings. The first-order chi connectivity index (χ1) is 12.3. The van der Waals surface area contributed by atoms with Crippen LogP contribution in [0.2, 0.25) is 0 Å². The van der Waals surface area contributed by atoms with Crippen LogP contribution in [0.3, 0.4) is 0 Å². The van der Waals surface area contributed by atoms with Crippen LogP contribution >= 0.6 is 0 Å². The summed E-state index contributed by atoms with van der Waals surface area (Å²) in [6, 6.07) is 20.1. The van der Waals surface area contributed by atoms with Gasteiger partial charge in [-0.1, -0.05) is 73.7 Å². The van der Waals surface area contributed by atoms with E-state index < -0.39 is 0 Å². The zero-order chi connectivity index (χ0) is 16.8.